The molecule has 2 N–H and O–H groups in total. The molecule has 6 nitrogen and oxygen atoms in total. The number of aromatic nitrogens is 2. The number of hydrogen-bond acceptors (Lipinski definition) is 5. The third kappa shape index (κ3) is 5.84. The number of hydrogen-bond donors (Lipinski definition) is 2. The molecule has 1 saturated carbocycles. The maximum Gasteiger partial charge on any atom is 0.416 e. The van der Waals surface area contributed by atoms with Gasteiger partial charge in [-0.1, -0.05) is 12.1 Å². The molecule has 3 aromatic rings. The Bertz CT molecular complexity index is 1180. The highest BCUT2D eigenvalue weighted by atomic mass is 19.4. The van der Waals surface area contributed by atoms with Gasteiger partial charge >= 0.3 is 12.1 Å². The molecule has 1 aromatic heterocycles. The summed E-state index contributed by atoms with van der Waals surface area (Å²) in [4.78, 5) is 19.8. The van der Waals surface area contributed by atoms with Crippen LogP contribution in [0.15, 0.2) is 48.7 Å². The first kappa shape index (κ1) is 23.5. The molecule has 9 heteroatoms. The number of halogens is 3. The van der Waals surface area contributed by atoms with Crippen molar-refractivity contribution < 1.29 is 27.8 Å². The van der Waals surface area contributed by atoms with Gasteiger partial charge in [-0.25, -0.2) is 14.8 Å². The number of aryl methyl sites for hydroxylation is 1. The summed E-state index contributed by atoms with van der Waals surface area (Å²) in [6.45, 7) is 2.10. The molecular weight excluding hydrogens is 447 g/mol. The van der Waals surface area contributed by atoms with Gasteiger partial charge in [0.15, 0.2) is 12.4 Å². The van der Waals surface area contributed by atoms with E-state index in [0.29, 0.717) is 36.0 Å². The molecule has 1 aliphatic carbocycles. The zero-order valence-electron chi connectivity index (χ0n) is 18.5. The number of rotatable bonds is 9. The molecule has 0 aliphatic heterocycles. The number of carboxylic acids is 1. The van der Waals surface area contributed by atoms with E-state index in [-0.39, 0.29) is 6.61 Å². The topological polar surface area (TPSA) is 84.3 Å². The molecule has 1 aliphatic rings. The number of nitrogens with one attached hydrogen (secondary N) is 1. The SMILES string of the molecule is Cc1cc(NCCc2cnc(-c3ccc(C(F)(F)F)cc3)nc2C2CC2)ccc1OCC(=O)O. The average Bonchev–Trinajstić information content (AvgIpc) is 3.63. The van der Waals surface area contributed by atoms with Crippen LogP contribution in [-0.4, -0.2) is 34.2 Å². The number of anilines is 1. The van der Waals surface area contributed by atoms with Crippen molar-refractivity contribution in [3.63, 3.8) is 0 Å². The van der Waals surface area contributed by atoms with Crippen LogP contribution in [0.1, 0.15) is 41.1 Å². The number of benzene rings is 2. The van der Waals surface area contributed by atoms with Gasteiger partial charge in [0.25, 0.3) is 0 Å². The van der Waals surface area contributed by atoms with Crippen LogP contribution in [0.3, 0.4) is 0 Å². The predicted molar refractivity (Wildman–Crippen MR) is 121 cm³/mol. The second-order valence-corrected chi connectivity index (χ2v) is 8.29. The summed E-state index contributed by atoms with van der Waals surface area (Å²) in [5, 5.41) is 12.1. The standard InChI is InChI=1S/C25H24F3N3O3/c1-15-12-20(8-9-21(15)34-14-22(32)33)29-11-10-18-13-30-24(31-23(18)16-2-3-16)17-4-6-19(7-5-17)25(26,27)28/h4-9,12-13,16,29H,2-3,10-11,14H2,1H3,(H,32,33). The minimum atomic E-state index is -4.38. The van der Waals surface area contributed by atoms with E-state index in [4.69, 9.17) is 14.8 Å². The lowest BCUT2D eigenvalue weighted by atomic mass is 10.1. The Morgan fingerprint density at radius 2 is 1.91 bits per heavy atom. The van der Waals surface area contributed by atoms with E-state index in [0.717, 1.165) is 47.5 Å². The van der Waals surface area contributed by atoms with Gasteiger partial charge in [0.1, 0.15) is 5.75 Å². The Morgan fingerprint density at radius 3 is 2.53 bits per heavy atom. The minimum absolute atomic E-state index is 0.360. The molecule has 178 valence electrons. The summed E-state index contributed by atoms with van der Waals surface area (Å²) in [5.41, 5.74) is 3.55. The van der Waals surface area contributed by atoms with Crippen LogP contribution < -0.4 is 10.1 Å². The Kier molecular flexibility index (Phi) is 6.72. The monoisotopic (exact) mass is 471 g/mol. The molecule has 0 spiro atoms. The number of carboxylic acid groups (broad SMARTS) is 1. The molecule has 0 radical (unpaired) electrons. The molecule has 0 atom stereocenters. The minimum Gasteiger partial charge on any atom is -0.482 e. The first-order valence-electron chi connectivity index (χ1n) is 10.9. The molecule has 34 heavy (non-hydrogen) atoms. The van der Waals surface area contributed by atoms with E-state index in [1.807, 2.05) is 19.1 Å². The lowest BCUT2D eigenvalue weighted by Gasteiger charge is -2.13. The maximum atomic E-state index is 12.8. The fourth-order valence-corrected chi connectivity index (χ4v) is 3.67. The fraction of sp³-hybridized carbons (Fsp3) is 0.320. The summed E-state index contributed by atoms with van der Waals surface area (Å²) in [6, 6.07) is 10.4. The molecule has 0 saturated heterocycles. The van der Waals surface area contributed by atoms with Crippen LogP contribution in [0, 0.1) is 6.92 Å². The molecule has 0 bridgehead atoms. The second-order valence-electron chi connectivity index (χ2n) is 8.29. The van der Waals surface area contributed by atoms with Crippen molar-refractivity contribution in [1.29, 1.82) is 0 Å². The van der Waals surface area contributed by atoms with Crippen LogP contribution in [-0.2, 0) is 17.4 Å². The van der Waals surface area contributed by atoms with Crippen molar-refractivity contribution in [2.45, 2.75) is 38.3 Å². The third-order valence-electron chi connectivity index (χ3n) is 5.58. The van der Waals surface area contributed by atoms with E-state index < -0.39 is 17.7 Å². The number of ether oxygens (including phenoxy) is 1. The van der Waals surface area contributed by atoms with Crippen LogP contribution in [0.2, 0.25) is 0 Å². The van der Waals surface area contributed by atoms with Crippen molar-refractivity contribution in [2.24, 2.45) is 0 Å². The summed E-state index contributed by atoms with van der Waals surface area (Å²) in [5.74, 6) is 0.287. The second kappa shape index (κ2) is 9.70. The highest BCUT2D eigenvalue weighted by molar-refractivity contribution is 5.68. The Hall–Kier alpha value is -3.62. The molecular formula is C25H24F3N3O3. The number of aliphatic carboxylic acids is 1. The first-order valence-corrected chi connectivity index (χ1v) is 10.9. The average molecular weight is 471 g/mol. The Labute approximate surface area is 194 Å². The molecule has 0 amide bonds. The lowest BCUT2D eigenvalue weighted by molar-refractivity contribution is -0.139. The van der Waals surface area contributed by atoms with Crippen molar-refractivity contribution in [3.8, 4) is 17.1 Å². The van der Waals surface area contributed by atoms with Crippen molar-refractivity contribution in [2.75, 3.05) is 18.5 Å². The number of alkyl halides is 3. The fourth-order valence-electron chi connectivity index (χ4n) is 3.67. The Morgan fingerprint density at radius 1 is 1.18 bits per heavy atom. The smallest absolute Gasteiger partial charge is 0.416 e. The van der Waals surface area contributed by atoms with Gasteiger partial charge in [0.2, 0.25) is 0 Å². The first-order chi connectivity index (χ1) is 16.2. The summed E-state index contributed by atoms with van der Waals surface area (Å²) in [7, 11) is 0. The van der Waals surface area contributed by atoms with Gasteiger partial charge < -0.3 is 15.2 Å². The molecule has 2 aromatic carbocycles. The molecule has 0 unspecified atom stereocenters. The molecule has 1 fully saturated rings. The lowest BCUT2D eigenvalue weighted by Crippen LogP contribution is -2.11. The maximum absolute atomic E-state index is 12.8. The van der Waals surface area contributed by atoms with E-state index in [9.17, 15) is 18.0 Å². The van der Waals surface area contributed by atoms with Gasteiger partial charge in [-0.15, -0.1) is 0 Å². The number of carbonyl (C=O) groups is 1. The number of nitrogens with zero attached hydrogens (tertiary/aromatic N) is 2. The van der Waals surface area contributed by atoms with Crippen LogP contribution >= 0.6 is 0 Å². The highest BCUT2D eigenvalue weighted by Crippen LogP contribution is 2.41. The van der Waals surface area contributed by atoms with Crippen molar-refractivity contribution in [3.05, 3.63) is 71.0 Å². The normalized spacial score (nSPS) is 13.5. The summed E-state index contributed by atoms with van der Waals surface area (Å²) < 4.78 is 43.8. The van der Waals surface area contributed by atoms with Crippen LogP contribution in [0.4, 0.5) is 18.9 Å². The van der Waals surface area contributed by atoms with E-state index >= 15 is 0 Å². The summed E-state index contributed by atoms with van der Waals surface area (Å²) in [6.07, 6.45) is 0.167. The van der Waals surface area contributed by atoms with Gasteiger partial charge in [-0.05, 0) is 67.6 Å². The zero-order valence-corrected chi connectivity index (χ0v) is 18.5. The highest BCUT2D eigenvalue weighted by Gasteiger charge is 2.31. The van der Waals surface area contributed by atoms with Gasteiger partial charge in [0, 0.05) is 29.9 Å². The van der Waals surface area contributed by atoms with E-state index in [2.05, 4.69) is 10.3 Å². The largest absolute Gasteiger partial charge is 0.482 e. The Balaban J connectivity index is 1.42. The van der Waals surface area contributed by atoms with Gasteiger partial charge in [0.05, 0.1) is 11.3 Å². The van der Waals surface area contributed by atoms with Crippen molar-refractivity contribution >= 4 is 11.7 Å². The summed E-state index contributed by atoms with van der Waals surface area (Å²) >= 11 is 0. The third-order valence-corrected chi connectivity index (χ3v) is 5.58. The van der Waals surface area contributed by atoms with Crippen LogP contribution in [0.25, 0.3) is 11.4 Å². The van der Waals surface area contributed by atoms with Gasteiger partial charge in [-0.3, -0.25) is 0 Å². The quantitative estimate of drug-likeness (QED) is 0.431. The zero-order chi connectivity index (χ0) is 24.3. The van der Waals surface area contributed by atoms with E-state index in [1.54, 1.807) is 12.3 Å². The van der Waals surface area contributed by atoms with Crippen molar-refractivity contribution in [1.82, 2.24) is 9.97 Å². The van der Waals surface area contributed by atoms with E-state index in [1.165, 1.54) is 12.1 Å². The molecule has 4 rings (SSSR count). The molecule has 1 heterocycles. The predicted octanol–water partition coefficient (Wildman–Crippen LogP) is 5.47. The van der Waals surface area contributed by atoms with Gasteiger partial charge in [-0.2, -0.15) is 13.2 Å². The van der Waals surface area contributed by atoms with Crippen LogP contribution in [0.5, 0.6) is 5.75 Å².